The highest BCUT2D eigenvalue weighted by Crippen LogP contribution is 2.25. The van der Waals surface area contributed by atoms with Crippen LogP contribution in [0, 0.1) is 5.92 Å². The Kier molecular flexibility index (Phi) is 3.49. The molecule has 0 aromatic heterocycles. The summed E-state index contributed by atoms with van der Waals surface area (Å²) in [6.45, 7) is 4.65. The van der Waals surface area contributed by atoms with Gasteiger partial charge in [-0.2, -0.15) is 0 Å². The van der Waals surface area contributed by atoms with Crippen LogP contribution in [-0.4, -0.2) is 47.4 Å². The van der Waals surface area contributed by atoms with Gasteiger partial charge in [0.25, 0.3) is 5.91 Å². The second-order valence-corrected chi connectivity index (χ2v) is 5.74. The number of imide groups is 1. The molecule has 2 rings (SSSR count). The number of hydrogen-bond acceptors (Lipinski definition) is 4. The third-order valence-corrected chi connectivity index (χ3v) is 3.64. The van der Waals surface area contributed by atoms with Gasteiger partial charge in [-0.05, 0) is 18.8 Å². The Morgan fingerprint density at radius 2 is 2.16 bits per heavy atom. The van der Waals surface area contributed by atoms with Crippen LogP contribution in [0.3, 0.4) is 0 Å². The fourth-order valence-corrected chi connectivity index (χ4v) is 2.66. The fraction of sp³-hybridized carbons (Fsp3) is 0.750. The van der Waals surface area contributed by atoms with Gasteiger partial charge in [0.2, 0.25) is 5.91 Å². The van der Waals surface area contributed by atoms with Crippen molar-refractivity contribution in [2.24, 2.45) is 11.7 Å². The first kappa shape index (κ1) is 13.8. The van der Waals surface area contributed by atoms with Crippen LogP contribution < -0.4 is 16.4 Å². The molecule has 0 aromatic rings. The lowest BCUT2D eigenvalue weighted by Gasteiger charge is -2.24. The highest BCUT2D eigenvalue weighted by atomic mass is 16.2. The molecular formula is C12H20N4O3. The maximum Gasteiger partial charge on any atom is 0.322 e. The van der Waals surface area contributed by atoms with Crippen molar-refractivity contribution in [2.45, 2.75) is 38.3 Å². The minimum atomic E-state index is -0.954. The van der Waals surface area contributed by atoms with Gasteiger partial charge < -0.3 is 16.0 Å². The third kappa shape index (κ3) is 2.56. The summed E-state index contributed by atoms with van der Waals surface area (Å²) in [5.41, 5.74) is 4.91. The average molecular weight is 268 g/mol. The van der Waals surface area contributed by atoms with E-state index in [1.807, 2.05) is 13.8 Å². The number of nitrogens with one attached hydrogen (secondary N) is 2. The second-order valence-electron chi connectivity index (χ2n) is 5.74. The number of hydrogen-bond donors (Lipinski definition) is 3. The molecule has 2 aliphatic heterocycles. The van der Waals surface area contributed by atoms with E-state index in [4.69, 9.17) is 5.73 Å². The summed E-state index contributed by atoms with van der Waals surface area (Å²) in [4.78, 5) is 36.7. The zero-order chi connectivity index (χ0) is 14.2. The molecule has 1 unspecified atom stereocenters. The monoisotopic (exact) mass is 268 g/mol. The van der Waals surface area contributed by atoms with E-state index < -0.39 is 17.6 Å². The quantitative estimate of drug-likeness (QED) is 0.581. The first-order valence-corrected chi connectivity index (χ1v) is 6.52. The summed E-state index contributed by atoms with van der Waals surface area (Å²) in [6, 6.07) is -1.04. The number of nitrogens with two attached hydrogens (primary N) is 1. The molecule has 2 saturated heterocycles. The van der Waals surface area contributed by atoms with Gasteiger partial charge in [0, 0.05) is 6.54 Å². The van der Waals surface area contributed by atoms with E-state index in [9.17, 15) is 14.4 Å². The van der Waals surface area contributed by atoms with Crippen LogP contribution in [0.1, 0.15) is 26.7 Å². The molecule has 2 atom stereocenters. The van der Waals surface area contributed by atoms with Gasteiger partial charge in [0.1, 0.15) is 5.54 Å². The van der Waals surface area contributed by atoms with Gasteiger partial charge in [-0.25, -0.2) is 4.79 Å². The zero-order valence-corrected chi connectivity index (χ0v) is 11.2. The molecule has 0 aromatic carbocycles. The second kappa shape index (κ2) is 4.80. The molecule has 2 fully saturated rings. The highest BCUT2D eigenvalue weighted by Gasteiger charge is 2.51. The Morgan fingerprint density at radius 1 is 1.47 bits per heavy atom. The summed E-state index contributed by atoms with van der Waals surface area (Å²) in [5.74, 6) is -0.172. The van der Waals surface area contributed by atoms with E-state index in [-0.39, 0.29) is 18.4 Å². The molecule has 1 spiro atoms. The van der Waals surface area contributed by atoms with Crippen LogP contribution in [0.4, 0.5) is 4.79 Å². The number of urea groups is 1. The van der Waals surface area contributed by atoms with Crippen molar-refractivity contribution in [3.8, 4) is 0 Å². The summed E-state index contributed by atoms with van der Waals surface area (Å²) >= 11 is 0. The Bertz CT molecular complexity index is 423. The Labute approximate surface area is 111 Å². The summed E-state index contributed by atoms with van der Waals surface area (Å²) < 4.78 is 0. The number of carbonyl (C=O) groups excluding carboxylic acids is 3. The molecule has 7 heteroatoms. The molecule has 4 amide bonds. The van der Waals surface area contributed by atoms with Gasteiger partial charge in [0.05, 0.1) is 12.6 Å². The molecular weight excluding hydrogens is 248 g/mol. The number of nitrogens with zero attached hydrogens (tertiary/aromatic N) is 1. The normalized spacial score (nSPS) is 27.9. The average Bonchev–Trinajstić information content (AvgIpc) is 2.83. The van der Waals surface area contributed by atoms with Gasteiger partial charge >= 0.3 is 6.03 Å². The Balaban J connectivity index is 2.00. The molecule has 0 aliphatic carbocycles. The van der Waals surface area contributed by atoms with Gasteiger partial charge in [0.15, 0.2) is 0 Å². The van der Waals surface area contributed by atoms with E-state index in [2.05, 4.69) is 10.6 Å². The van der Waals surface area contributed by atoms with E-state index in [1.165, 1.54) is 0 Å². The van der Waals surface area contributed by atoms with Crippen molar-refractivity contribution in [3.05, 3.63) is 0 Å². The molecule has 7 nitrogen and oxygen atoms in total. The van der Waals surface area contributed by atoms with Crippen molar-refractivity contribution in [2.75, 3.05) is 13.1 Å². The zero-order valence-electron chi connectivity index (χ0n) is 11.2. The Hall–Kier alpha value is -1.63. The number of rotatable bonds is 3. The van der Waals surface area contributed by atoms with Crippen molar-refractivity contribution >= 4 is 17.8 Å². The van der Waals surface area contributed by atoms with Gasteiger partial charge in [-0.3, -0.25) is 14.9 Å². The predicted molar refractivity (Wildman–Crippen MR) is 68.0 cm³/mol. The number of likely N-dealkylation sites (tertiary alicyclic amines) is 1. The van der Waals surface area contributed by atoms with Gasteiger partial charge in [-0.1, -0.05) is 13.8 Å². The summed E-state index contributed by atoms with van der Waals surface area (Å²) in [6.07, 6.45) is 1.05. The van der Waals surface area contributed by atoms with Crippen molar-refractivity contribution < 1.29 is 14.4 Å². The van der Waals surface area contributed by atoms with E-state index in [0.717, 1.165) is 0 Å². The molecule has 19 heavy (non-hydrogen) atoms. The van der Waals surface area contributed by atoms with Crippen LogP contribution in [0.5, 0.6) is 0 Å². The highest BCUT2D eigenvalue weighted by molar-refractivity contribution is 6.07. The molecule has 2 aliphatic rings. The molecule has 0 radical (unpaired) electrons. The fourth-order valence-electron chi connectivity index (χ4n) is 2.66. The maximum absolute atomic E-state index is 12.2. The summed E-state index contributed by atoms with van der Waals surface area (Å²) in [7, 11) is 0. The largest absolute Gasteiger partial charge is 0.338 e. The van der Waals surface area contributed by atoms with E-state index in [0.29, 0.717) is 25.3 Å². The number of amides is 4. The lowest BCUT2D eigenvalue weighted by Crippen LogP contribution is -2.51. The van der Waals surface area contributed by atoms with Gasteiger partial charge in [-0.15, -0.1) is 0 Å². The van der Waals surface area contributed by atoms with E-state index in [1.54, 1.807) is 4.90 Å². The molecule has 0 bridgehead atoms. The lowest BCUT2D eigenvalue weighted by atomic mass is 9.99. The minimum absolute atomic E-state index is 0.153. The predicted octanol–water partition coefficient (Wildman–Crippen LogP) is -0.830. The SMILES string of the molecule is CC(C)C[C@H](N)C(=O)N1CCC2(C1)NC(=O)NC2=O. The maximum atomic E-state index is 12.2. The summed E-state index contributed by atoms with van der Waals surface area (Å²) in [5, 5.41) is 4.82. The standard InChI is InChI=1S/C12H20N4O3/c1-7(2)5-8(13)9(17)16-4-3-12(6-16)10(18)14-11(19)15-12/h7-8H,3-6,13H2,1-2H3,(H2,14,15,18,19)/t8-,12?/m0/s1. The van der Waals surface area contributed by atoms with Crippen molar-refractivity contribution in [3.63, 3.8) is 0 Å². The van der Waals surface area contributed by atoms with Crippen molar-refractivity contribution in [1.29, 1.82) is 0 Å². The molecule has 106 valence electrons. The first-order chi connectivity index (χ1) is 8.84. The molecule has 2 heterocycles. The van der Waals surface area contributed by atoms with Crippen molar-refractivity contribution in [1.82, 2.24) is 15.5 Å². The van der Waals surface area contributed by atoms with Crippen LogP contribution in [-0.2, 0) is 9.59 Å². The third-order valence-electron chi connectivity index (χ3n) is 3.64. The first-order valence-electron chi connectivity index (χ1n) is 6.52. The lowest BCUT2D eigenvalue weighted by molar-refractivity contribution is -0.132. The molecule has 0 saturated carbocycles. The minimum Gasteiger partial charge on any atom is -0.338 e. The van der Waals surface area contributed by atoms with Crippen LogP contribution in [0.2, 0.25) is 0 Å². The van der Waals surface area contributed by atoms with Crippen LogP contribution >= 0.6 is 0 Å². The van der Waals surface area contributed by atoms with Crippen LogP contribution in [0.25, 0.3) is 0 Å². The number of carbonyl (C=O) groups is 3. The van der Waals surface area contributed by atoms with Crippen LogP contribution in [0.15, 0.2) is 0 Å². The molecule has 4 N–H and O–H groups in total. The van der Waals surface area contributed by atoms with E-state index >= 15 is 0 Å². The smallest absolute Gasteiger partial charge is 0.322 e. The Morgan fingerprint density at radius 3 is 2.68 bits per heavy atom. The topological polar surface area (TPSA) is 105 Å².